The topological polar surface area (TPSA) is 58.6 Å². The van der Waals surface area contributed by atoms with Crippen LogP contribution in [0.25, 0.3) is 0 Å². The SMILES string of the molecule is COCCc1ccccc1NC(=O)c1ccc(O)c(C)c1. The number of anilines is 1. The van der Waals surface area contributed by atoms with Crippen molar-refractivity contribution in [1.29, 1.82) is 0 Å². The maximum atomic E-state index is 12.3. The van der Waals surface area contributed by atoms with Gasteiger partial charge in [-0.25, -0.2) is 0 Å². The van der Waals surface area contributed by atoms with Crippen molar-refractivity contribution in [2.24, 2.45) is 0 Å². The number of phenols is 1. The Morgan fingerprint density at radius 1 is 1.24 bits per heavy atom. The van der Waals surface area contributed by atoms with Crippen molar-refractivity contribution in [3.05, 3.63) is 59.2 Å². The smallest absolute Gasteiger partial charge is 0.255 e. The molecule has 0 radical (unpaired) electrons. The van der Waals surface area contributed by atoms with E-state index >= 15 is 0 Å². The first-order valence-electron chi connectivity index (χ1n) is 6.79. The van der Waals surface area contributed by atoms with Crippen molar-refractivity contribution >= 4 is 11.6 Å². The van der Waals surface area contributed by atoms with Gasteiger partial charge in [0.1, 0.15) is 5.75 Å². The molecule has 0 aliphatic rings. The number of ether oxygens (including phenoxy) is 1. The summed E-state index contributed by atoms with van der Waals surface area (Å²) in [6, 6.07) is 12.5. The van der Waals surface area contributed by atoms with E-state index in [9.17, 15) is 9.90 Å². The Kier molecular flexibility index (Phi) is 4.95. The van der Waals surface area contributed by atoms with Gasteiger partial charge in [-0.3, -0.25) is 4.79 Å². The zero-order valence-corrected chi connectivity index (χ0v) is 12.2. The third-order valence-corrected chi connectivity index (χ3v) is 3.30. The van der Waals surface area contributed by atoms with Crippen LogP contribution < -0.4 is 5.32 Å². The zero-order valence-electron chi connectivity index (χ0n) is 12.2. The summed E-state index contributed by atoms with van der Waals surface area (Å²) >= 11 is 0. The van der Waals surface area contributed by atoms with Gasteiger partial charge >= 0.3 is 0 Å². The van der Waals surface area contributed by atoms with E-state index in [0.717, 1.165) is 17.7 Å². The molecule has 4 heteroatoms. The van der Waals surface area contributed by atoms with Crippen LogP contribution in [0, 0.1) is 6.92 Å². The fourth-order valence-corrected chi connectivity index (χ4v) is 2.06. The highest BCUT2D eigenvalue weighted by molar-refractivity contribution is 6.04. The van der Waals surface area contributed by atoms with Gasteiger partial charge < -0.3 is 15.2 Å². The number of carbonyl (C=O) groups excluding carboxylic acids is 1. The molecule has 0 aromatic heterocycles. The average molecular weight is 285 g/mol. The molecule has 0 aliphatic carbocycles. The van der Waals surface area contributed by atoms with Crippen LogP contribution in [0.15, 0.2) is 42.5 Å². The minimum Gasteiger partial charge on any atom is -0.508 e. The number of rotatable bonds is 5. The molecule has 0 aliphatic heterocycles. The minimum atomic E-state index is -0.192. The largest absolute Gasteiger partial charge is 0.508 e. The maximum absolute atomic E-state index is 12.3. The molecule has 21 heavy (non-hydrogen) atoms. The highest BCUT2D eigenvalue weighted by atomic mass is 16.5. The first-order chi connectivity index (χ1) is 10.1. The van der Waals surface area contributed by atoms with Gasteiger partial charge in [0.05, 0.1) is 6.61 Å². The molecular weight excluding hydrogens is 266 g/mol. The molecule has 110 valence electrons. The summed E-state index contributed by atoms with van der Waals surface area (Å²) < 4.78 is 5.08. The number of phenolic OH excluding ortho intramolecular Hbond substituents is 1. The van der Waals surface area contributed by atoms with Crippen LogP contribution in [0.4, 0.5) is 5.69 Å². The summed E-state index contributed by atoms with van der Waals surface area (Å²) in [5.74, 6) is -0.00462. The van der Waals surface area contributed by atoms with E-state index in [1.807, 2.05) is 24.3 Å². The third-order valence-electron chi connectivity index (χ3n) is 3.30. The number of aromatic hydroxyl groups is 1. The highest BCUT2D eigenvalue weighted by Crippen LogP contribution is 2.20. The average Bonchev–Trinajstić information content (AvgIpc) is 2.49. The van der Waals surface area contributed by atoms with Gasteiger partial charge in [-0.2, -0.15) is 0 Å². The summed E-state index contributed by atoms with van der Waals surface area (Å²) in [5.41, 5.74) is 3.01. The molecule has 1 amide bonds. The fourth-order valence-electron chi connectivity index (χ4n) is 2.06. The summed E-state index contributed by atoms with van der Waals surface area (Å²) in [6.45, 7) is 2.36. The van der Waals surface area contributed by atoms with Crippen LogP contribution in [-0.4, -0.2) is 24.7 Å². The number of aryl methyl sites for hydroxylation is 1. The second kappa shape index (κ2) is 6.90. The predicted octanol–water partition coefficient (Wildman–Crippen LogP) is 3.14. The molecule has 0 unspecified atom stereocenters. The molecule has 0 saturated carbocycles. The molecule has 0 heterocycles. The summed E-state index contributed by atoms with van der Waals surface area (Å²) in [6.07, 6.45) is 0.738. The molecule has 4 nitrogen and oxygen atoms in total. The third kappa shape index (κ3) is 3.83. The number of para-hydroxylation sites is 1. The van der Waals surface area contributed by atoms with Crippen LogP contribution in [0.2, 0.25) is 0 Å². The number of nitrogens with one attached hydrogen (secondary N) is 1. The second-order valence-corrected chi connectivity index (χ2v) is 4.86. The lowest BCUT2D eigenvalue weighted by Gasteiger charge is -2.11. The molecule has 2 N–H and O–H groups in total. The number of hydrogen-bond donors (Lipinski definition) is 2. The van der Waals surface area contributed by atoms with Crippen LogP contribution >= 0.6 is 0 Å². The van der Waals surface area contributed by atoms with E-state index in [4.69, 9.17) is 4.74 Å². The lowest BCUT2D eigenvalue weighted by atomic mass is 10.1. The van der Waals surface area contributed by atoms with Crippen LogP contribution in [-0.2, 0) is 11.2 Å². The van der Waals surface area contributed by atoms with Crippen molar-refractivity contribution in [3.8, 4) is 5.75 Å². The monoisotopic (exact) mass is 285 g/mol. The molecule has 2 aromatic rings. The summed E-state index contributed by atoms with van der Waals surface area (Å²) in [4.78, 5) is 12.3. The molecule has 2 aromatic carbocycles. The van der Waals surface area contributed by atoms with Crippen molar-refractivity contribution < 1.29 is 14.6 Å². The molecule has 0 fully saturated rings. The molecular formula is C17H19NO3. The first-order valence-corrected chi connectivity index (χ1v) is 6.79. The molecule has 0 saturated heterocycles. The van der Waals surface area contributed by atoms with Gasteiger partial charge in [0.15, 0.2) is 0 Å². The van der Waals surface area contributed by atoms with E-state index in [-0.39, 0.29) is 11.7 Å². The molecule has 0 spiro atoms. The minimum absolute atomic E-state index is 0.187. The van der Waals surface area contributed by atoms with E-state index in [1.54, 1.807) is 26.2 Å². The van der Waals surface area contributed by atoms with Gasteiger partial charge in [-0.15, -0.1) is 0 Å². The standard InChI is InChI=1S/C17H19NO3/c1-12-11-14(7-8-16(12)19)17(20)18-15-6-4-3-5-13(15)9-10-21-2/h3-8,11,19H,9-10H2,1-2H3,(H,18,20). The van der Waals surface area contributed by atoms with E-state index in [1.165, 1.54) is 6.07 Å². The zero-order chi connectivity index (χ0) is 15.2. The van der Waals surface area contributed by atoms with Crippen molar-refractivity contribution in [1.82, 2.24) is 0 Å². The highest BCUT2D eigenvalue weighted by Gasteiger charge is 2.10. The van der Waals surface area contributed by atoms with Crippen molar-refractivity contribution in [3.63, 3.8) is 0 Å². The Balaban J connectivity index is 2.17. The molecule has 0 bridgehead atoms. The number of carbonyl (C=O) groups is 1. The van der Waals surface area contributed by atoms with Gasteiger partial charge in [0.25, 0.3) is 5.91 Å². The van der Waals surface area contributed by atoms with Gasteiger partial charge in [0.2, 0.25) is 0 Å². The lowest BCUT2D eigenvalue weighted by molar-refractivity contribution is 0.102. The maximum Gasteiger partial charge on any atom is 0.255 e. The number of benzene rings is 2. The number of amides is 1. The predicted molar refractivity (Wildman–Crippen MR) is 82.8 cm³/mol. The van der Waals surface area contributed by atoms with E-state index < -0.39 is 0 Å². The number of methoxy groups -OCH3 is 1. The fraction of sp³-hybridized carbons (Fsp3) is 0.235. The first kappa shape index (κ1) is 15.1. The summed E-state index contributed by atoms with van der Waals surface area (Å²) in [7, 11) is 1.65. The van der Waals surface area contributed by atoms with Gasteiger partial charge in [-0.05, 0) is 48.7 Å². The lowest BCUT2D eigenvalue weighted by Crippen LogP contribution is -2.14. The molecule has 0 atom stereocenters. The van der Waals surface area contributed by atoms with E-state index in [2.05, 4.69) is 5.32 Å². The number of hydrogen-bond acceptors (Lipinski definition) is 3. The Labute approximate surface area is 124 Å². The van der Waals surface area contributed by atoms with Gasteiger partial charge in [0, 0.05) is 18.4 Å². The van der Waals surface area contributed by atoms with Gasteiger partial charge in [-0.1, -0.05) is 18.2 Å². The molecule has 2 rings (SSSR count). The van der Waals surface area contributed by atoms with Crippen LogP contribution in [0.1, 0.15) is 21.5 Å². The summed E-state index contributed by atoms with van der Waals surface area (Å²) in [5, 5.41) is 12.4. The Bertz CT molecular complexity index is 638. The Morgan fingerprint density at radius 2 is 2.00 bits per heavy atom. The Morgan fingerprint density at radius 3 is 2.71 bits per heavy atom. The van der Waals surface area contributed by atoms with Crippen LogP contribution in [0.5, 0.6) is 5.75 Å². The normalized spacial score (nSPS) is 10.4. The quantitative estimate of drug-likeness (QED) is 0.887. The van der Waals surface area contributed by atoms with Crippen LogP contribution in [0.3, 0.4) is 0 Å². The second-order valence-electron chi connectivity index (χ2n) is 4.86. The van der Waals surface area contributed by atoms with Crippen molar-refractivity contribution in [2.75, 3.05) is 19.0 Å². The Hall–Kier alpha value is -2.33. The van der Waals surface area contributed by atoms with Crippen molar-refractivity contribution in [2.45, 2.75) is 13.3 Å². The van der Waals surface area contributed by atoms with E-state index in [0.29, 0.717) is 17.7 Å².